The number of hydrogen-bond donors (Lipinski definition) is 2. The van der Waals surface area contributed by atoms with E-state index in [1.807, 2.05) is 33.2 Å². The summed E-state index contributed by atoms with van der Waals surface area (Å²) in [4.78, 5) is 12.7. The Morgan fingerprint density at radius 1 is 1.14 bits per heavy atom. The fraction of sp³-hybridized carbons (Fsp3) is 0.538. The average molecular weight is 291 g/mol. The zero-order valence-electron chi connectivity index (χ0n) is 12.6. The molecule has 0 unspecified atom stereocenters. The summed E-state index contributed by atoms with van der Waals surface area (Å²) in [7, 11) is 1.88. The minimum Gasteiger partial charge on any atom is -0.463 e. The number of hydrogen-bond acceptors (Lipinski definition) is 7. The normalized spacial score (nSPS) is 10.4. The minimum atomic E-state index is 0.325. The topological polar surface area (TPSA) is 89.8 Å². The van der Waals surface area contributed by atoms with Crippen molar-refractivity contribution in [3.8, 4) is 6.01 Å². The van der Waals surface area contributed by atoms with Gasteiger partial charge in [0.2, 0.25) is 11.9 Å². The Bertz CT molecular complexity index is 569. The second-order valence-electron chi connectivity index (χ2n) is 4.48. The lowest BCUT2D eigenvalue weighted by Gasteiger charge is -2.09. The molecule has 8 nitrogen and oxygen atoms in total. The first kappa shape index (κ1) is 15.0. The number of anilines is 2. The number of nitrogens with one attached hydrogen (secondary N) is 2. The molecule has 0 aliphatic rings. The van der Waals surface area contributed by atoms with Crippen LogP contribution < -0.4 is 15.4 Å². The molecule has 0 saturated heterocycles. The van der Waals surface area contributed by atoms with Crippen LogP contribution >= 0.6 is 0 Å². The second kappa shape index (κ2) is 7.41. The molecule has 0 bridgehead atoms. The maximum absolute atomic E-state index is 5.48. The Hall–Kier alpha value is -2.38. The Morgan fingerprint density at radius 3 is 2.52 bits per heavy atom. The summed E-state index contributed by atoms with van der Waals surface area (Å²) in [5.41, 5.74) is 0.916. The molecular weight excluding hydrogens is 270 g/mol. The van der Waals surface area contributed by atoms with Gasteiger partial charge in [0.15, 0.2) is 0 Å². The van der Waals surface area contributed by atoms with Crippen LogP contribution in [0.1, 0.15) is 26.0 Å². The van der Waals surface area contributed by atoms with E-state index in [4.69, 9.17) is 4.74 Å². The van der Waals surface area contributed by atoms with Crippen molar-refractivity contribution in [1.29, 1.82) is 0 Å². The van der Waals surface area contributed by atoms with Crippen LogP contribution in [0.5, 0.6) is 6.01 Å². The van der Waals surface area contributed by atoms with Crippen LogP contribution in [0.15, 0.2) is 12.3 Å². The van der Waals surface area contributed by atoms with E-state index in [0.29, 0.717) is 31.1 Å². The third-order valence-corrected chi connectivity index (χ3v) is 2.58. The van der Waals surface area contributed by atoms with Gasteiger partial charge in [-0.05, 0) is 19.4 Å². The quantitative estimate of drug-likeness (QED) is 0.760. The zero-order chi connectivity index (χ0) is 15.1. The molecule has 0 amide bonds. The van der Waals surface area contributed by atoms with E-state index in [9.17, 15) is 0 Å². The Balaban J connectivity index is 2.07. The van der Waals surface area contributed by atoms with E-state index in [2.05, 4.69) is 30.7 Å². The molecule has 0 spiro atoms. The summed E-state index contributed by atoms with van der Waals surface area (Å²) in [6.07, 6.45) is 2.79. The predicted octanol–water partition coefficient (Wildman–Crippen LogP) is 1.44. The molecule has 8 heteroatoms. The number of rotatable bonds is 8. The van der Waals surface area contributed by atoms with Crippen molar-refractivity contribution in [2.75, 3.05) is 23.8 Å². The van der Waals surface area contributed by atoms with Gasteiger partial charge in [-0.1, -0.05) is 6.92 Å². The summed E-state index contributed by atoms with van der Waals surface area (Å²) >= 11 is 0. The van der Waals surface area contributed by atoms with Crippen LogP contribution in [0.4, 0.5) is 11.9 Å². The van der Waals surface area contributed by atoms with Gasteiger partial charge in [-0.25, -0.2) is 0 Å². The highest BCUT2D eigenvalue weighted by atomic mass is 16.5. The van der Waals surface area contributed by atoms with E-state index in [0.717, 1.165) is 18.7 Å². The fourth-order valence-corrected chi connectivity index (χ4v) is 1.66. The van der Waals surface area contributed by atoms with Gasteiger partial charge in [-0.2, -0.15) is 20.1 Å². The van der Waals surface area contributed by atoms with E-state index in [1.54, 1.807) is 4.68 Å². The van der Waals surface area contributed by atoms with Crippen molar-refractivity contribution in [3.05, 3.63) is 18.0 Å². The molecule has 0 aliphatic carbocycles. The van der Waals surface area contributed by atoms with Gasteiger partial charge >= 0.3 is 6.01 Å². The number of ether oxygens (including phenoxy) is 1. The summed E-state index contributed by atoms with van der Waals surface area (Å²) < 4.78 is 7.23. The second-order valence-corrected chi connectivity index (χ2v) is 4.48. The summed E-state index contributed by atoms with van der Waals surface area (Å²) in [5.74, 6) is 0.972. The molecule has 0 radical (unpaired) electrons. The molecule has 0 aliphatic heterocycles. The van der Waals surface area contributed by atoms with Crippen molar-refractivity contribution in [2.45, 2.75) is 26.8 Å². The highest BCUT2D eigenvalue weighted by Crippen LogP contribution is 2.12. The van der Waals surface area contributed by atoms with E-state index >= 15 is 0 Å². The van der Waals surface area contributed by atoms with Crippen LogP contribution in [0.3, 0.4) is 0 Å². The molecule has 0 fully saturated rings. The largest absolute Gasteiger partial charge is 0.463 e. The van der Waals surface area contributed by atoms with Crippen molar-refractivity contribution in [3.63, 3.8) is 0 Å². The molecular formula is C13H21N7O. The van der Waals surface area contributed by atoms with Crippen LogP contribution in [0.2, 0.25) is 0 Å². The van der Waals surface area contributed by atoms with Crippen LogP contribution in [0.25, 0.3) is 0 Å². The zero-order valence-corrected chi connectivity index (χ0v) is 12.6. The van der Waals surface area contributed by atoms with Gasteiger partial charge in [-0.15, -0.1) is 0 Å². The number of aryl methyl sites for hydroxylation is 1. The summed E-state index contributed by atoms with van der Waals surface area (Å²) in [6, 6.07) is 2.26. The molecule has 2 N–H and O–H groups in total. The Labute approximate surface area is 124 Å². The standard InChI is InChI=1S/C13H21N7O/c1-4-8-21-13-17-11(14-5-2)16-12(18-13)15-9-10-6-7-20(3)19-10/h6-7H,4-5,8-9H2,1-3H3,(H2,14,15,16,17,18). The average Bonchev–Trinajstić information content (AvgIpc) is 2.89. The number of nitrogens with zero attached hydrogens (tertiary/aromatic N) is 5. The first-order valence-electron chi connectivity index (χ1n) is 7.06. The van der Waals surface area contributed by atoms with Crippen molar-refractivity contribution in [2.24, 2.45) is 7.05 Å². The molecule has 114 valence electrons. The van der Waals surface area contributed by atoms with Gasteiger partial charge < -0.3 is 15.4 Å². The lowest BCUT2D eigenvalue weighted by atomic mass is 10.4. The van der Waals surface area contributed by atoms with E-state index < -0.39 is 0 Å². The van der Waals surface area contributed by atoms with Crippen LogP contribution in [0, 0.1) is 0 Å². The Morgan fingerprint density at radius 2 is 1.90 bits per heavy atom. The molecule has 2 aromatic heterocycles. The molecule has 2 aromatic rings. The molecule has 2 rings (SSSR count). The fourth-order valence-electron chi connectivity index (χ4n) is 1.66. The SMILES string of the molecule is CCCOc1nc(NCC)nc(NCc2ccn(C)n2)n1. The lowest BCUT2D eigenvalue weighted by molar-refractivity contribution is 0.292. The lowest BCUT2D eigenvalue weighted by Crippen LogP contribution is -2.11. The van der Waals surface area contributed by atoms with Gasteiger partial charge in [0.05, 0.1) is 18.8 Å². The maximum atomic E-state index is 5.48. The van der Waals surface area contributed by atoms with Crippen molar-refractivity contribution in [1.82, 2.24) is 24.7 Å². The van der Waals surface area contributed by atoms with Crippen LogP contribution in [-0.4, -0.2) is 37.9 Å². The summed E-state index contributed by atoms with van der Waals surface area (Å²) in [5, 5.41) is 10.5. The molecule has 0 saturated carbocycles. The number of aromatic nitrogens is 5. The highest BCUT2D eigenvalue weighted by molar-refractivity contribution is 5.36. The Kier molecular flexibility index (Phi) is 5.30. The van der Waals surface area contributed by atoms with Crippen molar-refractivity contribution < 1.29 is 4.74 Å². The van der Waals surface area contributed by atoms with E-state index in [1.165, 1.54) is 0 Å². The third-order valence-electron chi connectivity index (χ3n) is 2.58. The molecule has 21 heavy (non-hydrogen) atoms. The van der Waals surface area contributed by atoms with Crippen LogP contribution in [-0.2, 0) is 13.6 Å². The molecule has 2 heterocycles. The van der Waals surface area contributed by atoms with Gasteiger partial charge in [-0.3, -0.25) is 4.68 Å². The monoisotopic (exact) mass is 291 g/mol. The first-order valence-corrected chi connectivity index (χ1v) is 7.06. The smallest absolute Gasteiger partial charge is 0.323 e. The highest BCUT2D eigenvalue weighted by Gasteiger charge is 2.07. The van der Waals surface area contributed by atoms with E-state index in [-0.39, 0.29) is 0 Å². The molecule has 0 atom stereocenters. The minimum absolute atomic E-state index is 0.325. The molecule has 0 aromatic carbocycles. The first-order chi connectivity index (χ1) is 10.2. The predicted molar refractivity (Wildman–Crippen MR) is 80.3 cm³/mol. The van der Waals surface area contributed by atoms with Gasteiger partial charge in [0.1, 0.15) is 0 Å². The third kappa shape index (κ3) is 4.59. The van der Waals surface area contributed by atoms with Crippen molar-refractivity contribution >= 4 is 11.9 Å². The van der Waals surface area contributed by atoms with Gasteiger partial charge in [0, 0.05) is 19.8 Å². The summed E-state index contributed by atoms with van der Waals surface area (Å²) in [6.45, 7) is 5.87. The maximum Gasteiger partial charge on any atom is 0.323 e. The van der Waals surface area contributed by atoms with Gasteiger partial charge in [0.25, 0.3) is 0 Å².